The maximum absolute atomic E-state index is 13.0. The summed E-state index contributed by atoms with van der Waals surface area (Å²) in [5, 5.41) is 2.55. The lowest BCUT2D eigenvalue weighted by atomic mass is 10.0. The molecule has 0 aliphatic carbocycles. The van der Waals surface area contributed by atoms with Crippen molar-refractivity contribution in [3.8, 4) is 0 Å². The van der Waals surface area contributed by atoms with E-state index in [0.29, 0.717) is 19.4 Å². The summed E-state index contributed by atoms with van der Waals surface area (Å²) in [7, 11) is -3.72. The highest BCUT2D eigenvalue weighted by Crippen LogP contribution is 2.30. The molecule has 29 heavy (non-hydrogen) atoms. The number of carbonyl (C=O) groups excluding carboxylic acids is 1. The number of halogens is 3. The quantitative estimate of drug-likeness (QED) is 0.776. The fraction of sp³-hybridized carbons (Fsp3) is 0.350. The summed E-state index contributed by atoms with van der Waals surface area (Å²) in [6.07, 6.45) is -2.45. The largest absolute Gasteiger partial charge is 0.416 e. The number of hydrogen-bond acceptors (Lipinski definition) is 3. The number of hydrogen-bond donors (Lipinski definition) is 1. The molecule has 2 aromatic rings. The Hall–Kier alpha value is -2.39. The van der Waals surface area contributed by atoms with E-state index in [1.54, 1.807) is 18.2 Å². The minimum absolute atomic E-state index is 0.0624. The Labute approximate surface area is 167 Å². The van der Waals surface area contributed by atoms with Crippen LogP contribution in [0.5, 0.6) is 0 Å². The van der Waals surface area contributed by atoms with Crippen LogP contribution < -0.4 is 5.32 Å². The molecule has 5 nitrogen and oxygen atoms in total. The van der Waals surface area contributed by atoms with Crippen molar-refractivity contribution in [1.29, 1.82) is 0 Å². The van der Waals surface area contributed by atoms with Crippen molar-refractivity contribution in [3.63, 3.8) is 0 Å². The fourth-order valence-corrected chi connectivity index (χ4v) is 5.10. The molecule has 2 aromatic carbocycles. The van der Waals surface area contributed by atoms with Crippen LogP contribution >= 0.6 is 0 Å². The van der Waals surface area contributed by atoms with E-state index in [2.05, 4.69) is 5.32 Å². The Morgan fingerprint density at radius 2 is 1.69 bits per heavy atom. The van der Waals surface area contributed by atoms with E-state index >= 15 is 0 Å². The first-order valence-corrected chi connectivity index (χ1v) is 10.7. The lowest BCUT2D eigenvalue weighted by Gasteiger charge is -2.34. The molecule has 0 bridgehead atoms. The van der Waals surface area contributed by atoms with E-state index in [0.717, 1.165) is 18.6 Å². The van der Waals surface area contributed by atoms with Crippen molar-refractivity contribution in [2.45, 2.75) is 42.8 Å². The van der Waals surface area contributed by atoms with Gasteiger partial charge in [0.15, 0.2) is 0 Å². The number of piperidine rings is 1. The van der Waals surface area contributed by atoms with Crippen molar-refractivity contribution in [3.05, 3.63) is 60.2 Å². The third kappa shape index (κ3) is 5.16. The molecule has 0 unspecified atom stereocenters. The van der Waals surface area contributed by atoms with Crippen molar-refractivity contribution in [2.24, 2.45) is 0 Å². The summed E-state index contributed by atoms with van der Waals surface area (Å²) in [6, 6.07) is 11.7. The number of carbonyl (C=O) groups is 1. The van der Waals surface area contributed by atoms with Gasteiger partial charge >= 0.3 is 6.18 Å². The highest BCUT2D eigenvalue weighted by atomic mass is 32.2. The topological polar surface area (TPSA) is 66.5 Å². The van der Waals surface area contributed by atoms with Gasteiger partial charge in [-0.25, -0.2) is 8.42 Å². The highest BCUT2D eigenvalue weighted by molar-refractivity contribution is 7.89. The summed E-state index contributed by atoms with van der Waals surface area (Å²) in [6.45, 7) is 0.329. The molecule has 9 heteroatoms. The van der Waals surface area contributed by atoms with Crippen LogP contribution in [0.15, 0.2) is 59.5 Å². The van der Waals surface area contributed by atoms with Gasteiger partial charge in [0.1, 0.15) is 0 Å². The highest BCUT2D eigenvalue weighted by Gasteiger charge is 2.34. The number of nitrogens with one attached hydrogen (secondary N) is 1. The van der Waals surface area contributed by atoms with Gasteiger partial charge < -0.3 is 5.32 Å². The van der Waals surface area contributed by atoms with Crippen LogP contribution in [0.2, 0.25) is 0 Å². The van der Waals surface area contributed by atoms with Gasteiger partial charge in [-0.05, 0) is 49.2 Å². The number of amides is 1. The molecule has 1 saturated heterocycles. The van der Waals surface area contributed by atoms with Crippen LogP contribution in [-0.4, -0.2) is 31.2 Å². The van der Waals surface area contributed by atoms with Gasteiger partial charge in [-0.1, -0.05) is 24.6 Å². The first-order chi connectivity index (χ1) is 13.7. The molecule has 0 saturated carbocycles. The third-order valence-electron chi connectivity index (χ3n) is 4.84. The second-order valence-corrected chi connectivity index (χ2v) is 8.80. The molecule has 1 amide bonds. The Balaban J connectivity index is 1.69. The number of alkyl halides is 3. The van der Waals surface area contributed by atoms with Gasteiger partial charge in [-0.3, -0.25) is 4.79 Å². The van der Waals surface area contributed by atoms with Gasteiger partial charge in [0.2, 0.25) is 15.9 Å². The lowest BCUT2D eigenvalue weighted by molar-refractivity contribution is -0.137. The predicted molar refractivity (Wildman–Crippen MR) is 103 cm³/mol. The van der Waals surface area contributed by atoms with Crippen molar-refractivity contribution in [2.75, 3.05) is 11.9 Å². The lowest BCUT2D eigenvalue weighted by Crippen LogP contribution is -2.45. The molecule has 156 valence electrons. The van der Waals surface area contributed by atoms with Gasteiger partial charge in [0.05, 0.1) is 10.5 Å². The minimum Gasteiger partial charge on any atom is -0.326 e. The average molecular weight is 426 g/mol. The molecule has 3 rings (SSSR count). The second kappa shape index (κ2) is 8.54. The number of rotatable bonds is 5. The standard InChI is InChI=1S/C20H21F3N2O3S/c21-20(22,23)15-9-11-16(12-10-15)24-19(26)14-17-6-4-5-13-25(17)29(27,28)18-7-2-1-3-8-18/h1-3,7-12,17H,4-6,13-14H2,(H,24,26)/t17-/m0/s1. The summed E-state index contributed by atoms with van der Waals surface area (Å²) in [5.41, 5.74) is -0.570. The van der Waals surface area contributed by atoms with Gasteiger partial charge in [-0.15, -0.1) is 0 Å². The monoisotopic (exact) mass is 426 g/mol. The molecule has 1 aliphatic heterocycles. The minimum atomic E-state index is -4.45. The SMILES string of the molecule is O=C(C[C@@H]1CCCCN1S(=O)(=O)c1ccccc1)Nc1ccc(C(F)(F)F)cc1. The molecule has 1 aliphatic rings. The van der Waals surface area contributed by atoms with Crippen molar-refractivity contribution in [1.82, 2.24) is 4.31 Å². The van der Waals surface area contributed by atoms with Crippen LogP contribution in [0.3, 0.4) is 0 Å². The first kappa shape index (κ1) is 21.3. The predicted octanol–water partition coefficient (Wildman–Crippen LogP) is 4.28. The van der Waals surface area contributed by atoms with E-state index in [1.165, 1.54) is 28.6 Å². The summed E-state index contributed by atoms with van der Waals surface area (Å²) >= 11 is 0. The normalized spacial score (nSPS) is 18.4. The zero-order valence-electron chi connectivity index (χ0n) is 15.5. The maximum Gasteiger partial charge on any atom is 0.416 e. The molecule has 0 spiro atoms. The maximum atomic E-state index is 13.0. The number of nitrogens with zero attached hydrogens (tertiary/aromatic N) is 1. The molecular formula is C20H21F3N2O3S. The molecule has 0 radical (unpaired) electrons. The number of benzene rings is 2. The van der Waals surface area contributed by atoms with Crippen molar-refractivity contribution >= 4 is 21.6 Å². The molecule has 1 fully saturated rings. The summed E-state index contributed by atoms with van der Waals surface area (Å²) < 4.78 is 65.2. The van der Waals surface area contributed by atoms with E-state index in [1.807, 2.05) is 0 Å². The molecular weight excluding hydrogens is 405 g/mol. The van der Waals surface area contributed by atoms with Crippen LogP contribution in [-0.2, 0) is 21.0 Å². The Morgan fingerprint density at radius 1 is 1.03 bits per heavy atom. The Bertz CT molecular complexity index is 945. The average Bonchev–Trinajstić information content (AvgIpc) is 2.68. The Kier molecular flexibility index (Phi) is 6.28. The molecule has 1 atom stereocenters. The number of sulfonamides is 1. The van der Waals surface area contributed by atoms with Crippen LogP contribution in [0.1, 0.15) is 31.2 Å². The van der Waals surface area contributed by atoms with E-state index in [-0.39, 0.29) is 17.0 Å². The van der Waals surface area contributed by atoms with E-state index in [9.17, 15) is 26.4 Å². The van der Waals surface area contributed by atoms with E-state index in [4.69, 9.17) is 0 Å². The van der Waals surface area contributed by atoms with E-state index < -0.39 is 33.7 Å². The van der Waals surface area contributed by atoms with Gasteiger partial charge in [0, 0.05) is 24.7 Å². The smallest absolute Gasteiger partial charge is 0.326 e. The number of anilines is 1. The van der Waals surface area contributed by atoms with Gasteiger partial charge in [-0.2, -0.15) is 17.5 Å². The summed E-state index contributed by atoms with van der Waals surface area (Å²) in [4.78, 5) is 12.6. The zero-order chi connectivity index (χ0) is 21.1. The first-order valence-electron chi connectivity index (χ1n) is 9.22. The molecule has 0 aromatic heterocycles. The summed E-state index contributed by atoms with van der Waals surface area (Å²) in [5.74, 6) is -0.440. The fourth-order valence-electron chi connectivity index (χ4n) is 3.39. The van der Waals surface area contributed by atoms with Crippen LogP contribution in [0.25, 0.3) is 0 Å². The molecule has 1 heterocycles. The second-order valence-electron chi connectivity index (χ2n) is 6.91. The Morgan fingerprint density at radius 3 is 2.31 bits per heavy atom. The van der Waals surface area contributed by atoms with Crippen molar-refractivity contribution < 1.29 is 26.4 Å². The third-order valence-corrected chi connectivity index (χ3v) is 6.81. The van der Waals surface area contributed by atoms with Crippen LogP contribution in [0, 0.1) is 0 Å². The zero-order valence-corrected chi connectivity index (χ0v) is 16.3. The van der Waals surface area contributed by atoms with Crippen LogP contribution in [0.4, 0.5) is 18.9 Å². The van der Waals surface area contributed by atoms with Gasteiger partial charge in [0.25, 0.3) is 0 Å². The molecule has 1 N–H and O–H groups in total.